The van der Waals surface area contributed by atoms with Crippen molar-refractivity contribution in [3.8, 4) is 5.75 Å². The highest BCUT2D eigenvalue weighted by atomic mass is 16.5. The molecular weight excluding hydrogens is 365 g/mol. The van der Waals surface area contributed by atoms with Gasteiger partial charge in [0, 0.05) is 25.0 Å². The smallest absolute Gasteiger partial charge is 0.494 e. The molecule has 2 aromatic rings. The van der Waals surface area contributed by atoms with Crippen molar-refractivity contribution >= 4 is 18.6 Å². The zero-order chi connectivity index (χ0) is 20.5. The molecule has 0 aromatic heterocycles. The number of carbonyl (C=O) groups is 1. The van der Waals surface area contributed by atoms with Crippen molar-refractivity contribution in [1.82, 2.24) is 0 Å². The summed E-state index contributed by atoms with van der Waals surface area (Å²) in [5.41, 5.74) is 7.51. The summed E-state index contributed by atoms with van der Waals surface area (Å²) < 4.78 is 10.8. The molecule has 150 valence electrons. The molecule has 8 nitrogen and oxygen atoms in total. The molecule has 0 bridgehead atoms. The number of aliphatic carboxylic acids is 1. The molecule has 0 spiro atoms. The number of benzene rings is 2. The van der Waals surface area contributed by atoms with E-state index >= 15 is 0 Å². The number of rotatable bonds is 7. The number of hydrogen-bond donors (Lipinski definition) is 5. The second-order valence-corrected chi connectivity index (χ2v) is 6.05. The Morgan fingerprint density at radius 3 is 2.54 bits per heavy atom. The van der Waals surface area contributed by atoms with E-state index in [9.17, 15) is 9.82 Å². The molecule has 2 aromatic carbocycles. The lowest BCUT2D eigenvalue weighted by atomic mass is 9.78. The fraction of sp³-hybridized carbons (Fsp3) is 0.316. The lowest BCUT2D eigenvalue weighted by molar-refractivity contribution is -0.146. The summed E-state index contributed by atoms with van der Waals surface area (Å²) in [4.78, 5) is 10.2. The van der Waals surface area contributed by atoms with Gasteiger partial charge in [-0.1, -0.05) is 42.5 Å². The van der Waals surface area contributed by atoms with Gasteiger partial charge in [0.2, 0.25) is 0 Å². The van der Waals surface area contributed by atoms with Crippen LogP contribution in [0.3, 0.4) is 0 Å². The molecule has 3 rings (SSSR count). The third-order valence-electron chi connectivity index (χ3n) is 4.11. The number of fused-ring (bicyclic) bond motifs is 1. The molecule has 1 heterocycles. The van der Waals surface area contributed by atoms with Crippen molar-refractivity contribution in [2.45, 2.75) is 18.6 Å². The molecule has 0 unspecified atom stereocenters. The second kappa shape index (κ2) is 10.8. The van der Waals surface area contributed by atoms with E-state index in [4.69, 9.17) is 30.4 Å². The highest BCUT2D eigenvalue weighted by molar-refractivity contribution is 6.62. The quantitative estimate of drug-likeness (QED) is 0.328. The molecule has 2 atom stereocenters. The van der Waals surface area contributed by atoms with E-state index in [1.165, 1.54) is 0 Å². The first-order valence-electron chi connectivity index (χ1n) is 8.85. The van der Waals surface area contributed by atoms with Crippen LogP contribution in [0.4, 0.5) is 0 Å². The van der Waals surface area contributed by atoms with Gasteiger partial charge < -0.3 is 35.5 Å². The fourth-order valence-electron chi connectivity index (χ4n) is 2.74. The van der Waals surface area contributed by atoms with Crippen LogP contribution in [0.25, 0.3) is 0 Å². The first-order valence-corrected chi connectivity index (χ1v) is 8.85. The molecule has 0 saturated carbocycles. The number of carboxylic acids is 1. The maximum Gasteiger partial charge on any atom is 0.495 e. The third-order valence-corrected chi connectivity index (χ3v) is 4.11. The largest absolute Gasteiger partial charge is 0.495 e. The van der Waals surface area contributed by atoms with Gasteiger partial charge in [0.1, 0.15) is 5.75 Å². The predicted molar refractivity (Wildman–Crippen MR) is 103 cm³/mol. The summed E-state index contributed by atoms with van der Waals surface area (Å²) in [6.45, 7) is 0.816. The van der Waals surface area contributed by atoms with E-state index in [1.54, 1.807) is 36.4 Å². The minimum absolute atomic E-state index is 0.0828. The molecule has 0 saturated heterocycles. The maximum atomic E-state index is 10.2. The Hall–Kier alpha value is -2.43. The summed E-state index contributed by atoms with van der Waals surface area (Å²) in [6, 6.07) is 13.8. The van der Waals surface area contributed by atoms with Crippen LogP contribution in [0.2, 0.25) is 0 Å². The summed E-state index contributed by atoms with van der Waals surface area (Å²) in [7, 11) is -0.983. The minimum Gasteiger partial charge on any atom is -0.494 e. The summed E-state index contributed by atoms with van der Waals surface area (Å²) in [5.74, 6) is -0.629. The Balaban J connectivity index is 0.000000221. The molecule has 1 aliphatic heterocycles. The van der Waals surface area contributed by atoms with Crippen molar-refractivity contribution in [3.63, 3.8) is 0 Å². The lowest BCUT2D eigenvalue weighted by Crippen LogP contribution is -2.30. The van der Waals surface area contributed by atoms with Crippen LogP contribution in [-0.4, -0.2) is 53.2 Å². The number of aliphatic hydroxyl groups is 2. The number of carboxylic acid groups (broad SMARTS) is 1. The van der Waals surface area contributed by atoms with E-state index in [2.05, 4.69) is 0 Å². The Morgan fingerprint density at radius 2 is 1.93 bits per heavy atom. The highest BCUT2D eigenvalue weighted by Gasteiger charge is 2.37. The molecule has 9 heteroatoms. The van der Waals surface area contributed by atoms with E-state index in [0.29, 0.717) is 36.3 Å². The Bertz CT molecular complexity index is 759. The van der Waals surface area contributed by atoms with Crippen molar-refractivity contribution in [2.24, 2.45) is 5.73 Å². The number of ether oxygens (including phenoxy) is 1. The fourth-order valence-corrected chi connectivity index (χ4v) is 2.74. The van der Waals surface area contributed by atoms with E-state index in [1.807, 2.05) is 12.1 Å². The molecule has 0 aliphatic carbocycles. The monoisotopic (exact) mass is 389 g/mol. The van der Waals surface area contributed by atoms with Gasteiger partial charge in [-0.15, -0.1) is 0 Å². The maximum absolute atomic E-state index is 10.2. The molecule has 0 amide bonds. The third kappa shape index (κ3) is 5.54. The standard InChI is InChI=1S/C11H16BNO4.C8H8O3/c13-7-10-8-3-1-4-9(16-6-2-5-14)11(8)12(15)17-10;9-7(8(10)11)6-4-2-1-3-5-6/h1,3-4,10,14-15H,2,5-7,13H2;1-5,7,9H,(H,10,11)/t10-;7-/m11/s1. The molecule has 0 radical (unpaired) electrons. The van der Waals surface area contributed by atoms with Crippen LogP contribution < -0.4 is 15.9 Å². The molecule has 28 heavy (non-hydrogen) atoms. The first-order chi connectivity index (χ1) is 13.5. The van der Waals surface area contributed by atoms with Crippen molar-refractivity contribution in [1.29, 1.82) is 0 Å². The van der Waals surface area contributed by atoms with E-state index < -0.39 is 19.2 Å². The van der Waals surface area contributed by atoms with Gasteiger partial charge in [0.05, 0.1) is 12.7 Å². The molecule has 6 N–H and O–H groups in total. The summed E-state index contributed by atoms with van der Waals surface area (Å²) >= 11 is 0. The first kappa shape index (κ1) is 21.9. The molecule has 1 aliphatic rings. The van der Waals surface area contributed by atoms with Gasteiger partial charge >= 0.3 is 13.1 Å². The highest BCUT2D eigenvalue weighted by Crippen LogP contribution is 2.26. The van der Waals surface area contributed by atoms with Crippen LogP contribution in [0.15, 0.2) is 48.5 Å². The predicted octanol–water partition coefficient (Wildman–Crippen LogP) is -0.0301. The van der Waals surface area contributed by atoms with E-state index in [-0.39, 0.29) is 12.7 Å². The second-order valence-electron chi connectivity index (χ2n) is 6.05. The SMILES string of the molecule is NC[C@H]1OB(O)c2c(OCCCO)cccc21.O=C(O)[C@H](O)c1ccccc1. The van der Waals surface area contributed by atoms with E-state index in [0.717, 1.165) is 5.56 Å². The number of nitrogens with two attached hydrogens (primary N) is 1. The zero-order valence-electron chi connectivity index (χ0n) is 15.3. The van der Waals surface area contributed by atoms with Gasteiger partial charge in [0.15, 0.2) is 6.10 Å². The average Bonchev–Trinajstić information content (AvgIpc) is 3.05. The lowest BCUT2D eigenvalue weighted by Gasteiger charge is -2.11. The Kier molecular flexibility index (Phi) is 8.43. The Morgan fingerprint density at radius 1 is 1.21 bits per heavy atom. The summed E-state index contributed by atoms with van der Waals surface area (Å²) in [5, 5.41) is 35.9. The van der Waals surface area contributed by atoms with Crippen molar-refractivity contribution in [2.75, 3.05) is 19.8 Å². The van der Waals surface area contributed by atoms with Crippen LogP contribution >= 0.6 is 0 Å². The van der Waals surface area contributed by atoms with Crippen LogP contribution in [0.5, 0.6) is 5.75 Å². The van der Waals surface area contributed by atoms with Gasteiger partial charge in [-0.05, 0) is 17.2 Å². The van der Waals surface area contributed by atoms with Gasteiger partial charge in [0.25, 0.3) is 0 Å². The van der Waals surface area contributed by atoms with Crippen molar-refractivity contribution < 1.29 is 34.5 Å². The number of aliphatic hydroxyl groups excluding tert-OH is 2. The zero-order valence-corrected chi connectivity index (χ0v) is 15.3. The summed E-state index contributed by atoms with van der Waals surface area (Å²) in [6.07, 6.45) is -1.13. The number of hydrogen-bond acceptors (Lipinski definition) is 7. The van der Waals surface area contributed by atoms with Crippen LogP contribution in [-0.2, 0) is 9.45 Å². The molecular formula is C19H24BNO7. The normalized spacial score (nSPS) is 16.0. The van der Waals surface area contributed by atoms with Crippen LogP contribution in [0.1, 0.15) is 29.8 Å². The van der Waals surface area contributed by atoms with Gasteiger partial charge in [-0.3, -0.25) is 0 Å². The van der Waals surface area contributed by atoms with Gasteiger partial charge in [-0.2, -0.15) is 0 Å². The Labute approximate surface area is 163 Å². The van der Waals surface area contributed by atoms with Gasteiger partial charge in [-0.25, -0.2) is 4.79 Å². The van der Waals surface area contributed by atoms with Crippen LogP contribution in [0, 0.1) is 0 Å². The molecule has 0 fully saturated rings. The van der Waals surface area contributed by atoms with Crippen molar-refractivity contribution in [3.05, 3.63) is 59.7 Å². The topological polar surface area (TPSA) is 142 Å². The average molecular weight is 389 g/mol. The minimum atomic E-state index is -1.41.